The molecule has 3 aliphatic rings. The molecule has 10 atom stereocenters. The Hall–Kier alpha value is -9.22. The number of hydrogen-bond acceptors (Lipinski definition) is 24. The first kappa shape index (κ1) is 99.3. The Kier molecular flexibility index (Phi) is 46.1. The number of nitrogens with one attached hydrogen (secondary N) is 6. The highest BCUT2D eigenvalue weighted by Crippen LogP contribution is 2.28. The summed E-state index contributed by atoms with van der Waals surface area (Å²) < 4.78 is 16.8. The summed E-state index contributed by atoms with van der Waals surface area (Å²) >= 11 is 2.56. The first-order valence-electron chi connectivity index (χ1n) is 40.2. The van der Waals surface area contributed by atoms with E-state index in [0.717, 1.165) is 11.1 Å². The number of primary amides is 2. The number of hydrogen-bond donors (Lipinski definition) is 13. The number of aliphatic hydroxyl groups is 1. The Balaban J connectivity index is 1.06. The van der Waals surface area contributed by atoms with E-state index < -0.39 is 143 Å². The predicted molar refractivity (Wildman–Crippen MR) is 436 cm³/mol. The first-order chi connectivity index (χ1) is 56.4. The molecular formula is C79H120N14O23S2. The number of thioether (sulfide) groups is 2. The van der Waals surface area contributed by atoms with Crippen molar-refractivity contribution in [2.75, 3.05) is 130 Å². The van der Waals surface area contributed by atoms with Gasteiger partial charge in [-0.1, -0.05) is 81.3 Å². The van der Waals surface area contributed by atoms with Gasteiger partial charge in [0, 0.05) is 140 Å². The average molecular weight is 1700 g/mol. The minimum absolute atomic E-state index is 0.00634. The fraction of sp³-hybridized carbons (Fsp3) is 0.646. The molecule has 3 aliphatic heterocycles. The van der Waals surface area contributed by atoms with E-state index in [0.29, 0.717) is 95.5 Å². The number of nitrogens with zero attached hydrogens (tertiary/aromatic N) is 6. The van der Waals surface area contributed by atoms with Crippen molar-refractivity contribution in [3.05, 3.63) is 71.3 Å². The summed E-state index contributed by atoms with van der Waals surface area (Å²) in [7, 11) is 0. The number of unbranched alkanes of at least 4 members (excludes halogenated alkanes) is 1. The highest BCUT2D eigenvalue weighted by atomic mass is 32.2. The van der Waals surface area contributed by atoms with Gasteiger partial charge in [-0.2, -0.15) is 23.5 Å². The van der Waals surface area contributed by atoms with Crippen LogP contribution in [0.5, 0.6) is 0 Å². The van der Waals surface area contributed by atoms with Crippen LogP contribution in [-0.4, -0.2) is 323 Å². The molecule has 118 heavy (non-hydrogen) atoms. The van der Waals surface area contributed by atoms with Crippen LogP contribution < -0.4 is 43.4 Å². The van der Waals surface area contributed by atoms with Gasteiger partial charge < -0.3 is 92.9 Å². The first-order valence-corrected chi connectivity index (χ1v) is 42.5. The van der Waals surface area contributed by atoms with E-state index in [1.807, 2.05) is 31.2 Å². The molecule has 0 radical (unpaired) electrons. The third-order valence-corrected chi connectivity index (χ3v) is 22.3. The van der Waals surface area contributed by atoms with Crippen LogP contribution in [0.2, 0.25) is 0 Å². The molecule has 37 nitrogen and oxygen atoms in total. The van der Waals surface area contributed by atoms with Gasteiger partial charge in [-0.05, 0) is 81.4 Å². The summed E-state index contributed by atoms with van der Waals surface area (Å²) in [6, 6.07) is 8.02. The Labute approximate surface area is 696 Å². The third-order valence-electron chi connectivity index (χ3n) is 20.1. The summed E-state index contributed by atoms with van der Waals surface area (Å²) in [6.45, 7) is 8.54. The van der Waals surface area contributed by atoms with E-state index in [1.54, 1.807) is 45.0 Å². The van der Waals surface area contributed by atoms with Crippen molar-refractivity contribution < 1.29 is 112 Å². The van der Waals surface area contributed by atoms with E-state index in [4.69, 9.17) is 25.7 Å². The molecule has 0 aromatic heterocycles. The van der Waals surface area contributed by atoms with Crippen LogP contribution in [0.25, 0.3) is 0 Å². The highest BCUT2D eigenvalue weighted by Gasteiger charge is 2.43. The molecule has 11 amide bonds. The second kappa shape index (κ2) is 54.8. The van der Waals surface area contributed by atoms with Gasteiger partial charge in [0.1, 0.15) is 42.3 Å². The lowest BCUT2D eigenvalue weighted by Crippen LogP contribution is -2.57. The zero-order valence-electron chi connectivity index (χ0n) is 67.7. The number of carboxylic acid groups (broad SMARTS) is 4. The molecule has 3 unspecified atom stereocenters. The maximum atomic E-state index is 14.8. The Morgan fingerprint density at radius 1 is 0.542 bits per heavy atom. The molecule has 0 saturated carbocycles. The zero-order chi connectivity index (χ0) is 86.5. The number of carboxylic acids is 4. The van der Waals surface area contributed by atoms with E-state index in [1.165, 1.54) is 53.4 Å². The number of aliphatic imine (C=N–C) groups is 1. The minimum Gasteiger partial charge on any atom is -0.480 e. The van der Waals surface area contributed by atoms with Gasteiger partial charge >= 0.3 is 23.9 Å². The Morgan fingerprint density at radius 3 is 1.63 bits per heavy atom. The Morgan fingerprint density at radius 2 is 1.07 bits per heavy atom. The van der Waals surface area contributed by atoms with Crippen molar-refractivity contribution >= 4 is 119 Å². The molecule has 15 N–H and O–H groups in total. The molecule has 3 heterocycles. The molecule has 0 bridgehead atoms. The van der Waals surface area contributed by atoms with Gasteiger partial charge in [-0.15, -0.1) is 0 Å². The van der Waals surface area contributed by atoms with Crippen LogP contribution in [-0.2, 0) is 104 Å². The number of ether oxygens (including phenoxy) is 3. The van der Waals surface area contributed by atoms with Gasteiger partial charge in [-0.25, -0.2) is 9.79 Å². The fourth-order valence-corrected chi connectivity index (χ4v) is 15.3. The smallest absolute Gasteiger partial charge is 0.327 e. The normalized spacial score (nSPS) is 17.6. The van der Waals surface area contributed by atoms with Crippen molar-refractivity contribution in [1.82, 2.24) is 56.4 Å². The molecule has 656 valence electrons. The van der Waals surface area contributed by atoms with Crippen LogP contribution in [0.4, 0.5) is 0 Å². The van der Waals surface area contributed by atoms with Crippen molar-refractivity contribution in [1.29, 1.82) is 0 Å². The number of aliphatic hydroxyl groups excluding tert-OH is 1. The monoisotopic (exact) mass is 1700 g/mol. The standard InChI is InChI=1S/C79H120N14O23S2/c1-4-5-18-58(85-68(98)26-25-67(97)83-28-13-38-115-40-42-116-41-39-114-37-12-27-82-66(96)24-22-64(79(112)113)91-35-33-89(46-69(99)100)31-32-90(34-36-91)47-70(101)102)73(105)84-45-57(76(108)93-30-11-20-63(93)77(109)92-29-10-19-62(92)71(81)103)50-117-48-55-16-9-17-56(43-55)49-118-51-61(78(110)111)88-75(107)60(44-54-14-7-6-8-15-54)87-74(106)59(21-23-65(80)95)86-72(104)52(2)53(3)94/h6-9,14-17,43,45,52-53,57-64,94H,4-5,10-13,18-42,44,46-51H2,1-3H3,(H2,80,95)(H2,81,103)(H,82,96)(H,83,97)(H,85,98)(H,86,104)(H,87,106)(H,88,107)(H,99,100)(H,101,102)(H,110,111)(H,112,113)/b84-45+/t52-,53+,57?,58-,59-,60-,61?,62-,63-,64?/m0/s1. The van der Waals surface area contributed by atoms with E-state index >= 15 is 0 Å². The van der Waals surface area contributed by atoms with Crippen molar-refractivity contribution in [3.8, 4) is 0 Å². The number of carbonyl (C=O) groups excluding carboxylic acids is 11. The lowest BCUT2D eigenvalue weighted by Gasteiger charge is -2.31. The Bertz CT molecular complexity index is 3620. The van der Waals surface area contributed by atoms with Gasteiger partial charge in [0.2, 0.25) is 59.1 Å². The van der Waals surface area contributed by atoms with Gasteiger partial charge in [-0.3, -0.25) is 81.8 Å². The molecule has 2 aromatic rings. The second-order valence-corrected chi connectivity index (χ2v) is 31.4. The van der Waals surface area contributed by atoms with Crippen LogP contribution in [0.15, 0.2) is 59.6 Å². The van der Waals surface area contributed by atoms with E-state index in [9.17, 15) is 97.5 Å². The number of rotatable bonds is 56. The van der Waals surface area contributed by atoms with Gasteiger partial charge in [0.05, 0.1) is 57.5 Å². The third kappa shape index (κ3) is 37.8. The SMILES string of the molecule is CCCC[C@H](NC(=O)CCC(=O)NCCCOCCOCCOCCCNC(=O)CCC(C(=O)O)N1CCN(CC(=O)O)CCN(CC(=O)O)CC1)C(=O)/N=C/C(CSCc1cccc(CSCC(NC(=O)[C@H](Cc2ccccc2)NC(=O)[C@H](CCC(N)=O)NC(=O)[C@@H](C)[C@@H](C)O)C(=O)O)c1)C(=O)N1CCC[C@H]1C(=O)N1CCC[C@H]1C(N)=O. The molecule has 3 saturated heterocycles. The topological polar surface area (TPSA) is 538 Å². The summed E-state index contributed by atoms with van der Waals surface area (Å²) in [5, 5.41) is 65.1. The average Bonchev–Trinajstić information content (AvgIpc) is 1.65. The highest BCUT2D eigenvalue weighted by molar-refractivity contribution is 7.98. The summed E-state index contributed by atoms with van der Waals surface area (Å²) in [6.07, 6.45) is 3.18. The fourth-order valence-electron chi connectivity index (χ4n) is 13.3. The lowest BCUT2D eigenvalue weighted by atomic mass is 10.0. The molecule has 0 aliphatic carbocycles. The molecule has 0 spiro atoms. The quantitative estimate of drug-likeness (QED) is 0.0300. The van der Waals surface area contributed by atoms with Crippen molar-refractivity contribution in [2.45, 2.75) is 183 Å². The van der Waals surface area contributed by atoms with Gasteiger partial charge in [0.25, 0.3) is 5.91 Å². The molecule has 5 rings (SSSR count). The molecule has 39 heteroatoms. The lowest BCUT2D eigenvalue weighted by molar-refractivity contribution is -0.146. The molecular weight excluding hydrogens is 1580 g/mol. The van der Waals surface area contributed by atoms with E-state index in [-0.39, 0.29) is 160 Å². The van der Waals surface area contributed by atoms with Gasteiger partial charge in [0.15, 0.2) is 0 Å². The van der Waals surface area contributed by atoms with Crippen molar-refractivity contribution in [2.24, 2.45) is 28.3 Å². The largest absolute Gasteiger partial charge is 0.480 e. The number of benzene rings is 2. The number of amides is 11. The minimum atomic E-state index is -1.44. The number of nitrogens with two attached hydrogens (primary N) is 2. The zero-order valence-corrected chi connectivity index (χ0v) is 69.3. The van der Waals surface area contributed by atoms with E-state index in [2.05, 4.69) is 36.9 Å². The summed E-state index contributed by atoms with van der Waals surface area (Å²) in [5.74, 6) is -12.7. The number of likely N-dealkylation sites (tertiary alicyclic amines) is 2. The number of carbonyl (C=O) groups is 15. The van der Waals surface area contributed by atoms with Crippen LogP contribution >= 0.6 is 23.5 Å². The summed E-state index contributed by atoms with van der Waals surface area (Å²) in [5.41, 5.74) is 13.3. The van der Waals surface area contributed by atoms with Crippen LogP contribution in [0, 0.1) is 11.8 Å². The number of aliphatic carboxylic acids is 4. The van der Waals surface area contributed by atoms with Crippen LogP contribution in [0.3, 0.4) is 0 Å². The maximum Gasteiger partial charge on any atom is 0.327 e. The van der Waals surface area contributed by atoms with Crippen LogP contribution in [0.1, 0.15) is 134 Å². The molecule has 2 aromatic carbocycles. The van der Waals surface area contributed by atoms with Crippen molar-refractivity contribution in [3.63, 3.8) is 0 Å². The predicted octanol–water partition coefficient (Wildman–Crippen LogP) is -0.262. The summed E-state index contributed by atoms with van der Waals surface area (Å²) in [4.78, 5) is 207. The maximum absolute atomic E-state index is 14.8. The second-order valence-electron chi connectivity index (χ2n) is 29.4. The molecule has 3 fully saturated rings.